The van der Waals surface area contributed by atoms with Crippen LogP contribution in [-0.4, -0.2) is 21.0 Å². The van der Waals surface area contributed by atoms with Gasteiger partial charge >= 0.3 is 0 Å². The third-order valence-electron chi connectivity index (χ3n) is 3.80. The molecule has 0 radical (unpaired) electrons. The minimum Gasteiger partial charge on any atom is -0.392 e. The molecular formula is C16H21BrN2O. The van der Waals surface area contributed by atoms with Crippen LogP contribution < -0.4 is 0 Å². The van der Waals surface area contributed by atoms with E-state index in [2.05, 4.69) is 40.1 Å². The smallest absolute Gasteiger partial charge is 0.0738 e. The number of rotatable bonds is 5. The molecule has 1 aromatic heterocycles. The molecule has 108 valence electrons. The Morgan fingerprint density at radius 3 is 2.45 bits per heavy atom. The van der Waals surface area contributed by atoms with Crippen LogP contribution in [0.5, 0.6) is 0 Å². The molecule has 4 heteroatoms. The number of benzene rings is 1. The van der Waals surface area contributed by atoms with Crippen LogP contribution in [0.1, 0.15) is 36.2 Å². The number of aryl methyl sites for hydroxylation is 2. The zero-order valence-corrected chi connectivity index (χ0v) is 13.8. The molecule has 2 rings (SSSR count). The minimum absolute atomic E-state index is 0.151. The normalized spacial score (nSPS) is 14.2. The Morgan fingerprint density at radius 2 is 1.95 bits per heavy atom. The van der Waals surface area contributed by atoms with Crippen LogP contribution in [0.25, 0.3) is 0 Å². The molecule has 2 unspecified atom stereocenters. The number of hydrogen-bond acceptors (Lipinski definition) is 2. The molecule has 0 aliphatic heterocycles. The van der Waals surface area contributed by atoms with Crippen LogP contribution >= 0.6 is 15.9 Å². The molecule has 0 fully saturated rings. The van der Waals surface area contributed by atoms with Gasteiger partial charge in [-0.15, -0.1) is 0 Å². The van der Waals surface area contributed by atoms with Crippen molar-refractivity contribution in [2.24, 2.45) is 7.05 Å². The number of nitrogens with zero attached hydrogens (tertiary/aromatic N) is 2. The van der Waals surface area contributed by atoms with E-state index in [4.69, 9.17) is 0 Å². The molecule has 1 heterocycles. The Hall–Kier alpha value is -1.13. The van der Waals surface area contributed by atoms with Crippen molar-refractivity contribution in [3.63, 3.8) is 0 Å². The summed E-state index contributed by atoms with van der Waals surface area (Å²) in [5, 5.41) is 15.0. The van der Waals surface area contributed by atoms with Crippen LogP contribution in [0.2, 0.25) is 0 Å². The first-order valence-corrected chi connectivity index (χ1v) is 7.74. The van der Waals surface area contributed by atoms with Crippen molar-refractivity contribution in [3.8, 4) is 0 Å². The van der Waals surface area contributed by atoms with Gasteiger partial charge < -0.3 is 5.11 Å². The van der Waals surface area contributed by atoms with Gasteiger partial charge in [-0.1, -0.05) is 37.3 Å². The Kier molecular flexibility index (Phi) is 5.00. The lowest BCUT2D eigenvalue weighted by Gasteiger charge is -2.22. The summed E-state index contributed by atoms with van der Waals surface area (Å²) in [5.41, 5.74) is 3.20. The summed E-state index contributed by atoms with van der Waals surface area (Å²) in [6, 6.07) is 10.2. The first-order valence-electron chi connectivity index (χ1n) is 6.95. The van der Waals surface area contributed by atoms with Crippen molar-refractivity contribution in [2.45, 2.75) is 38.7 Å². The standard InChI is InChI=1S/C16H21BrN2O/c1-4-13(12-8-6-5-7-9-12)15(20)10-14-16(17)11(2)18-19(14)3/h5-9,13,15,20H,4,10H2,1-3H3. The lowest BCUT2D eigenvalue weighted by molar-refractivity contribution is 0.138. The van der Waals surface area contributed by atoms with Crippen molar-refractivity contribution in [3.05, 3.63) is 51.8 Å². The second kappa shape index (κ2) is 6.55. The molecule has 3 nitrogen and oxygen atoms in total. The number of aliphatic hydroxyl groups excluding tert-OH is 1. The summed E-state index contributed by atoms with van der Waals surface area (Å²) in [6.07, 6.45) is 1.11. The van der Waals surface area contributed by atoms with Gasteiger partial charge in [0.15, 0.2) is 0 Å². The van der Waals surface area contributed by atoms with Crippen LogP contribution in [0.4, 0.5) is 0 Å². The molecular weight excluding hydrogens is 316 g/mol. The van der Waals surface area contributed by atoms with Gasteiger partial charge in [-0.25, -0.2) is 0 Å². The zero-order chi connectivity index (χ0) is 14.7. The highest BCUT2D eigenvalue weighted by molar-refractivity contribution is 9.10. The van der Waals surface area contributed by atoms with E-state index in [1.165, 1.54) is 5.56 Å². The van der Waals surface area contributed by atoms with E-state index >= 15 is 0 Å². The van der Waals surface area contributed by atoms with E-state index in [9.17, 15) is 5.11 Å². The molecule has 0 saturated heterocycles. The molecule has 2 aromatic rings. The van der Waals surface area contributed by atoms with Crippen molar-refractivity contribution in [1.29, 1.82) is 0 Å². The maximum absolute atomic E-state index is 10.6. The van der Waals surface area contributed by atoms with Crippen molar-refractivity contribution >= 4 is 15.9 Å². The van der Waals surface area contributed by atoms with Gasteiger partial charge in [0.1, 0.15) is 0 Å². The predicted octanol–water partition coefficient (Wildman–Crippen LogP) is 3.59. The monoisotopic (exact) mass is 336 g/mol. The SMILES string of the molecule is CCC(c1ccccc1)C(O)Cc1c(Br)c(C)nn1C. The largest absolute Gasteiger partial charge is 0.392 e. The molecule has 0 amide bonds. The second-order valence-electron chi connectivity index (χ2n) is 5.17. The van der Waals surface area contributed by atoms with Crippen LogP contribution in [0, 0.1) is 6.92 Å². The average Bonchev–Trinajstić information content (AvgIpc) is 2.67. The fraction of sp³-hybridized carbons (Fsp3) is 0.438. The molecule has 2 atom stereocenters. The molecule has 0 saturated carbocycles. The number of hydrogen-bond donors (Lipinski definition) is 1. The van der Waals surface area contributed by atoms with Crippen LogP contribution in [0.3, 0.4) is 0 Å². The summed E-state index contributed by atoms with van der Waals surface area (Å²) < 4.78 is 2.85. The average molecular weight is 337 g/mol. The van der Waals surface area contributed by atoms with Crippen LogP contribution in [-0.2, 0) is 13.5 Å². The van der Waals surface area contributed by atoms with Gasteiger partial charge in [0.2, 0.25) is 0 Å². The van der Waals surface area contributed by atoms with Gasteiger partial charge in [0, 0.05) is 19.4 Å². The highest BCUT2D eigenvalue weighted by atomic mass is 79.9. The third kappa shape index (κ3) is 3.13. The minimum atomic E-state index is -0.409. The number of aromatic nitrogens is 2. The Labute approximate surface area is 128 Å². The first kappa shape index (κ1) is 15.3. The first-order chi connectivity index (χ1) is 9.54. The van der Waals surface area contributed by atoms with E-state index in [-0.39, 0.29) is 5.92 Å². The van der Waals surface area contributed by atoms with Crippen molar-refractivity contribution in [2.75, 3.05) is 0 Å². The van der Waals surface area contributed by atoms with Crippen molar-refractivity contribution < 1.29 is 5.11 Å². The number of aliphatic hydroxyl groups is 1. The molecule has 1 N–H and O–H groups in total. The Balaban J connectivity index is 2.20. The summed E-state index contributed by atoms with van der Waals surface area (Å²) in [6.45, 7) is 4.08. The zero-order valence-electron chi connectivity index (χ0n) is 12.2. The van der Waals surface area contributed by atoms with E-state index < -0.39 is 6.10 Å². The van der Waals surface area contributed by atoms with Gasteiger partial charge in [0.25, 0.3) is 0 Å². The number of halogens is 1. The third-order valence-corrected chi connectivity index (χ3v) is 4.83. The topological polar surface area (TPSA) is 38.1 Å². The summed E-state index contributed by atoms with van der Waals surface area (Å²) in [7, 11) is 1.92. The van der Waals surface area contributed by atoms with E-state index in [1.807, 2.05) is 36.9 Å². The highest BCUT2D eigenvalue weighted by Crippen LogP contribution is 2.28. The van der Waals surface area contributed by atoms with E-state index in [1.54, 1.807) is 0 Å². The second-order valence-corrected chi connectivity index (χ2v) is 5.96. The lowest BCUT2D eigenvalue weighted by atomic mass is 9.88. The maximum atomic E-state index is 10.6. The van der Waals surface area contributed by atoms with Gasteiger partial charge in [-0.05, 0) is 34.8 Å². The molecule has 0 spiro atoms. The van der Waals surface area contributed by atoms with E-state index in [0.29, 0.717) is 6.42 Å². The Morgan fingerprint density at radius 1 is 1.30 bits per heavy atom. The van der Waals surface area contributed by atoms with E-state index in [0.717, 1.165) is 22.3 Å². The fourth-order valence-corrected chi connectivity index (χ4v) is 3.17. The quantitative estimate of drug-likeness (QED) is 0.905. The van der Waals surface area contributed by atoms with Crippen LogP contribution in [0.15, 0.2) is 34.8 Å². The maximum Gasteiger partial charge on any atom is 0.0738 e. The summed E-state index contributed by atoms with van der Waals surface area (Å²) in [5.74, 6) is 0.151. The molecule has 1 aromatic carbocycles. The van der Waals surface area contributed by atoms with Gasteiger partial charge in [0.05, 0.1) is 22.0 Å². The van der Waals surface area contributed by atoms with Gasteiger partial charge in [-0.3, -0.25) is 4.68 Å². The Bertz CT molecular complexity index is 565. The molecule has 0 aliphatic rings. The molecule has 20 heavy (non-hydrogen) atoms. The fourth-order valence-electron chi connectivity index (χ4n) is 2.67. The molecule has 0 bridgehead atoms. The highest BCUT2D eigenvalue weighted by Gasteiger charge is 2.22. The molecule has 0 aliphatic carbocycles. The van der Waals surface area contributed by atoms with Gasteiger partial charge in [-0.2, -0.15) is 5.10 Å². The lowest BCUT2D eigenvalue weighted by Crippen LogP contribution is -2.22. The summed E-state index contributed by atoms with van der Waals surface area (Å²) in [4.78, 5) is 0. The predicted molar refractivity (Wildman–Crippen MR) is 84.8 cm³/mol. The van der Waals surface area contributed by atoms with Crippen molar-refractivity contribution in [1.82, 2.24) is 9.78 Å². The summed E-state index contributed by atoms with van der Waals surface area (Å²) >= 11 is 3.56.